The average Bonchev–Trinajstić information content (AvgIpc) is 2.39. The number of rotatable bonds is 3. The molecule has 0 unspecified atom stereocenters. The lowest BCUT2D eigenvalue weighted by molar-refractivity contribution is 0.511. The van der Waals surface area contributed by atoms with Gasteiger partial charge >= 0.3 is 0 Å². The lowest BCUT2D eigenvalue weighted by atomic mass is 10.1. The third-order valence-corrected chi connectivity index (χ3v) is 4.52. The van der Waals surface area contributed by atoms with Gasteiger partial charge in [0.25, 0.3) is 10.0 Å². The number of nitrogens with two attached hydrogens (primary N) is 1. The number of benzene rings is 2. The van der Waals surface area contributed by atoms with E-state index in [4.69, 9.17) is 5.73 Å². The first-order valence-corrected chi connectivity index (χ1v) is 7.54. The summed E-state index contributed by atoms with van der Waals surface area (Å²) in [6, 6.07) is 6.32. The van der Waals surface area contributed by atoms with E-state index in [-0.39, 0.29) is 4.90 Å². The minimum absolute atomic E-state index is 0.0661. The van der Waals surface area contributed by atoms with Crippen LogP contribution in [-0.4, -0.2) is 8.42 Å². The molecule has 0 radical (unpaired) electrons. The third-order valence-electron chi connectivity index (χ3n) is 3.03. The molecule has 0 atom stereocenters. The Kier molecular flexibility index (Phi) is 3.87. The van der Waals surface area contributed by atoms with E-state index >= 15 is 0 Å². The maximum atomic E-state index is 13.6. The second kappa shape index (κ2) is 5.33. The number of sulfonamides is 1. The topological polar surface area (TPSA) is 72.2 Å². The quantitative estimate of drug-likeness (QED) is 0.856. The van der Waals surface area contributed by atoms with Gasteiger partial charge in [-0.25, -0.2) is 17.2 Å². The van der Waals surface area contributed by atoms with Crippen LogP contribution in [0.3, 0.4) is 0 Å². The lowest BCUT2D eigenvalue weighted by Gasteiger charge is -2.13. The molecule has 0 aliphatic heterocycles. The van der Waals surface area contributed by atoms with E-state index in [1.807, 2.05) is 4.72 Å². The molecule has 4 nitrogen and oxygen atoms in total. The normalized spacial score (nSPS) is 11.4. The molecule has 0 saturated carbocycles. The van der Waals surface area contributed by atoms with Gasteiger partial charge in [-0.2, -0.15) is 0 Å². The van der Waals surface area contributed by atoms with Crippen LogP contribution in [0.5, 0.6) is 0 Å². The van der Waals surface area contributed by atoms with Gasteiger partial charge < -0.3 is 5.73 Å². The molecule has 112 valence electrons. The monoisotopic (exact) mass is 312 g/mol. The van der Waals surface area contributed by atoms with Gasteiger partial charge in [0, 0.05) is 5.69 Å². The summed E-state index contributed by atoms with van der Waals surface area (Å²) in [6.45, 7) is 3.24. The van der Waals surface area contributed by atoms with Crippen molar-refractivity contribution in [3.63, 3.8) is 0 Å². The van der Waals surface area contributed by atoms with Gasteiger partial charge in [-0.15, -0.1) is 0 Å². The van der Waals surface area contributed by atoms with Crippen LogP contribution in [-0.2, 0) is 10.0 Å². The summed E-state index contributed by atoms with van der Waals surface area (Å²) in [5, 5.41) is 0. The predicted octanol–water partition coefficient (Wildman–Crippen LogP) is 2.96. The maximum absolute atomic E-state index is 13.6. The number of aryl methyl sites for hydroxylation is 1. The van der Waals surface area contributed by atoms with Crippen molar-refractivity contribution < 1.29 is 17.2 Å². The molecule has 21 heavy (non-hydrogen) atoms. The summed E-state index contributed by atoms with van der Waals surface area (Å²) in [7, 11) is -4.06. The zero-order chi connectivity index (χ0) is 15.8. The van der Waals surface area contributed by atoms with Gasteiger partial charge in [0.1, 0.15) is 0 Å². The van der Waals surface area contributed by atoms with Gasteiger partial charge in [-0.05, 0) is 49.2 Å². The van der Waals surface area contributed by atoms with Crippen molar-refractivity contribution in [3.8, 4) is 0 Å². The van der Waals surface area contributed by atoms with E-state index in [0.717, 1.165) is 12.1 Å². The highest BCUT2D eigenvalue weighted by atomic mass is 32.2. The standard InChI is InChI=1S/C14H14F2N2O2S/c1-8-6-11(17)9(2)13(7-8)21(19,20)18-12-5-3-4-10(15)14(12)16/h3-7,18H,17H2,1-2H3. The molecule has 2 aromatic rings. The molecule has 7 heteroatoms. The zero-order valence-electron chi connectivity index (χ0n) is 11.4. The summed E-state index contributed by atoms with van der Waals surface area (Å²) in [6.07, 6.45) is 0. The number of hydrogen-bond donors (Lipinski definition) is 2. The van der Waals surface area contributed by atoms with Crippen LogP contribution in [0.15, 0.2) is 35.2 Å². The van der Waals surface area contributed by atoms with Gasteiger partial charge in [0.15, 0.2) is 11.6 Å². The van der Waals surface area contributed by atoms with Crippen molar-refractivity contribution in [2.45, 2.75) is 18.7 Å². The van der Waals surface area contributed by atoms with E-state index in [2.05, 4.69) is 0 Å². The number of nitrogens with one attached hydrogen (secondary N) is 1. The van der Waals surface area contributed by atoms with Crippen LogP contribution < -0.4 is 10.5 Å². The Morgan fingerprint density at radius 1 is 1.14 bits per heavy atom. The van der Waals surface area contributed by atoms with E-state index < -0.39 is 27.3 Å². The molecule has 0 aromatic heterocycles. The highest BCUT2D eigenvalue weighted by molar-refractivity contribution is 7.92. The van der Waals surface area contributed by atoms with E-state index in [0.29, 0.717) is 16.8 Å². The second-order valence-corrected chi connectivity index (χ2v) is 6.33. The van der Waals surface area contributed by atoms with Crippen LogP contribution in [0.4, 0.5) is 20.2 Å². The van der Waals surface area contributed by atoms with Crippen molar-refractivity contribution in [2.24, 2.45) is 0 Å². The molecule has 0 bridgehead atoms. The van der Waals surface area contributed by atoms with Gasteiger partial charge in [0.05, 0.1) is 10.6 Å². The van der Waals surface area contributed by atoms with Crippen molar-refractivity contribution in [1.82, 2.24) is 0 Å². The Morgan fingerprint density at radius 2 is 1.81 bits per heavy atom. The van der Waals surface area contributed by atoms with Crippen LogP contribution in [0.25, 0.3) is 0 Å². The van der Waals surface area contributed by atoms with Gasteiger partial charge in [-0.3, -0.25) is 4.72 Å². The Bertz CT molecular complexity index is 805. The van der Waals surface area contributed by atoms with Crippen molar-refractivity contribution in [2.75, 3.05) is 10.5 Å². The zero-order valence-corrected chi connectivity index (χ0v) is 12.3. The van der Waals surface area contributed by atoms with Crippen molar-refractivity contribution in [1.29, 1.82) is 0 Å². The minimum Gasteiger partial charge on any atom is -0.398 e. The second-order valence-electron chi connectivity index (χ2n) is 4.68. The van der Waals surface area contributed by atoms with Gasteiger partial charge in [-0.1, -0.05) is 6.07 Å². The first-order valence-electron chi connectivity index (χ1n) is 6.06. The molecule has 3 N–H and O–H groups in total. The molecule has 2 rings (SSSR count). The smallest absolute Gasteiger partial charge is 0.262 e. The van der Waals surface area contributed by atoms with Crippen LogP contribution in [0.1, 0.15) is 11.1 Å². The molecule has 0 aliphatic carbocycles. The van der Waals surface area contributed by atoms with Crippen LogP contribution in [0, 0.1) is 25.5 Å². The number of hydrogen-bond acceptors (Lipinski definition) is 3. The van der Waals surface area contributed by atoms with Crippen LogP contribution in [0.2, 0.25) is 0 Å². The molecule has 0 fully saturated rings. The SMILES string of the molecule is Cc1cc(N)c(C)c(S(=O)(=O)Nc2cccc(F)c2F)c1. The Morgan fingerprint density at radius 3 is 2.48 bits per heavy atom. The summed E-state index contributed by atoms with van der Waals surface area (Å²) < 4.78 is 53.4. The van der Waals surface area contributed by atoms with Crippen LogP contribution >= 0.6 is 0 Å². The largest absolute Gasteiger partial charge is 0.398 e. The maximum Gasteiger partial charge on any atom is 0.262 e. The summed E-state index contributed by atoms with van der Waals surface area (Å²) >= 11 is 0. The number of nitrogen functional groups attached to an aromatic ring is 1. The molecule has 0 aliphatic rings. The van der Waals surface area contributed by atoms with E-state index in [1.54, 1.807) is 19.9 Å². The molecular formula is C14H14F2N2O2S. The number of halogens is 2. The molecular weight excluding hydrogens is 298 g/mol. The highest BCUT2D eigenvalue weighted by Gasteiger charge is 2.21. The molecule has 0 heterocycles. The third kappa shape index (κ3) is 2.97. The molecule has 0 amide bonds. The minimum atomic E-state index is -4.06. The summed E-state index contributed by atoms with van der Waals surface area (Å²) in [5.41, 5.74) is 6.61. The van der Waals surface area contributed by atoms with Gasteiger partial charge in [0.2, 0.25) is 0 Å². The fourth-order valence-corrected chi connectivity index (χ4v) is 3.33. The Balaban J connectivity index is 2.51. The van der Waals surface area contributed by atoms with Crippen molar-refractivity contribution >= 4 is 21.4 Å². The summed E-state index contributed by atoms with van der Waals surface area (Å²) in [4.78, 5) is -0.0661. The Labute approximate surface area is 121 Å². The molecule has 0 saturated heterocycles. The fraction of sp³-hybridized carbons (Fsp3) is 0.143. The average molecular weight is 312 g/mol. The highest BCUT2D eigenvalue weighted by Crippen LogP contribution is 2.26. The molecule has 0 spiro atoms. The molecule has 2 aromatic carbocycles. The van der Waals surface area contributed by atoms with E-state index in [1.165, 1.54) is 12.1 Å². The van der Waals surface area contributed by atoms with E-state index in [9.17, 15) is 17.2 Å². The first-order chi connectivity index (χ1) is 9.72. The first kappa shape index (κ1) is 15.2. The Hall–Kier alpha value is -2.15. The summed E-state index contributed by atoms with van der Waals surface area (Å²) in [5.74, 6) is -2.38. The lowest BCUT2D eigenvalue weighted by Crippen LogP contribution is -2.16. The fourth-order valence-electron chi connectivity index (χ4n) is 1.91. The predicted molar refractivity (Wildman–Crippen MR) is 77.5 cm³/mol. The number of anilines is 2. The van der Waals surface area contributed by atoms with Crippen molar-refractivity contribution in [3.05, 3.63) is 53.1 Å².